The van der Waals surface area contributed by atoms with Gasteiger partial charge in [0.1, 0.15) is 0 Å². The summed E-state index contributed by atoms with van der Waals surface area (Å²) in [5, 5.41) is 3.21. The third-order valence-electron chi connectivity index (χ3n) is 2.20. The molecule has 0 unspecified atom stereocenters. The molecule has 0 atom stereocenters. The Labute approximate surface area is 90.0 Å². The van der Waals surface area contributed by atoms with Gasteiger partial charge in [0.15, 0.2) is 0 Å². The molecule has 1 rings (SSSR count). The van der Waals surface area contributed by atoms with Crippen molar-refractivity contribution in [1.82, 2.24) is 5.32 Å². The van der Waals surface area contributed by atoms with Gasteiger partial charge in [-0.2, -0.15) is 0 Å². The Morgan fingerprint density at radius 2 is 2.36 bits per heavy atom. The van der Waals surface area contributed by atoms with Crippen LogP contribution >= 0.6 is 11.8 Å². The molecule has 0 bridgehead atoms. The maximum Gasteiger partial charge on any atom is 0.315 e. The minimum absolute atomic E-state index is 0.0595. The van der Waals surface area contributed by atoms with Crippen LogP contribution in [0.15, 0.2) is 0 Å². The maximum atomic E-state index is 11.1. The van der Waals surface area contributed by atoms with Gasteiger partial charge >= 0.3 is 5.97 Å². The molecule has 1 fully saturated rings. The Morgan fingerprint density at radius 3 is 2.93 bits per heavy atom. The van der Waals surface area contributed by atoms with Crippen molar-refractivity contribution in [2.24, 2.45) is 5.92 Å². The fraction of sp³-hybridized carbons (Fsp3) is 0.900. The number of hydrogen-bond donors (Lipinski definition) is 1. The fourth-order valence-corrected chi connectivity index (χ4v) is 2.08. The molecular weight excluding hydrogens is 198 g/mol. The standard InChI is InChI=1S/C10H19NO2S/c1-2-3-4-13-10(12)8-14-7-9-5-11-6-9/h9,11H,2-8H2,1H3. The number of carbonyl (C=O) groups excluding carboxylic acids is 1. The summed E-state index contributed by atoms with van der Waals surface area (Å²) in [5.41, 5.74) is 0. The highest BCUT2D eigenvalue weighted by molar-refractivity contribution is 7.99. The summed E-state index contributed by atoms with van der Waals surface area (Å²) in [4.78, 5) is 11.1. The third-order valence-corrected chi connectivity index (χ3v) is 3.35. The van der Waals surface area contributed by atoms with Gasteiger partial charge in [0.25, 0.3) is 0 Å². The van der Waals surface area contributed by atoms with Crippen LogP contribution in [0.25, 0.3) is 0 Å². The monoisotopic (exact) mass is 217 g/mol. The first-order chi connectivity index (χ1) is 6.83. The van der Waals surface area contributed by atoms with E-state index in [1.807, 2.05) is 0 Å². The van der Waals surface area contributed by atoms with Crippen molar-refractivity contribution in [2.45, 2.75) is 19.8 Å². The molecule has 3 nitrogen and oxygen atoms in total. The SMILES string of the molecule is CCCCOC(=O)CSCC1CNC1. The Bertz CT molecular complexity index is 172. The van der Waals surface area contributed by atoms with Crippen LogP contribution < -0.4 is 5.32 Å². The minimum atomic E-state index is -0.0595. The lowest BCUT2D eigenvalue weighted by atomic mass is 10.1. The summed E-state index contributed by atoms with van der Waals surface area (Å²) in [7, 11) is 0. The molecule has 0 aliphatic carbocycles. The van der Waals surface area contributed by atoms with Gasteiger partial charge in [-0.05, 0) is 31.2 Å². The summed E-state index contributed by atoms with van der Waals surface area (Å²) >= 11 is 1.69. The molecule has 1 aliphatic rings. The first-order valence-corrected chi connectivity index (χ1v) is 6.42. The first kappa shape index (κ1) is 11.9. The van der Waals surface area contributed by atoms with Crippen molar-refractivity contribution in [2.75, 3.05) is 31.2 Å². The van der Waals surface area contributed by atoms with E-state index in [0.717, 1.165) is 37.6 Å². The predicted molar refractivity (Wildman–Crippen MR) is 59.6 cm³/mol. The zero-order valence-corrected chi connectivity index (χ0v) is 9.57. The van der Waals surface area contributed by atoms with Crippen LogP contribution in [0.1, 0.15) is 19.8 Å². The number of hydrogen-bond acceptors (Lipinski definition) is 4. The minimum Gasteiger partial charge on any atom is -0.465 e. The van der Waals surface area contributed by atoms with Gasteiger partial charge < -0.3 is 10.1 Å². The van der Waals surface area contributed by atoms with Crippen LogP contribution in [-0.2, 0) is 9.53 Å². The Morgan fingerprint density at radius 1 is 1.57 bits per heavy atom. The fourth-order valence-electron chi connectivity index (χ4n) is 1.15. The number of rotatable bonds is 7. The van der Waals surface area contributed by atoms with Crippen molar-refractivity contribution >= 4 is 17.7 Å². The predicted octanol–water partition coefficient (Wildman–Crippen LogP) is 1.28. The molecule has 0 spiro atoms. The zero-order chi connectivity index (χ0) is 10.2. The summed E-state index contributed by atoms with van der Waals surface area (Å²) < 4.78 is 5.04. The number of ether oxygens (including phenoxy) is 1. The number of carbonyl (C=O) groups is 1. The molecule has 0 amide bonds. The molecule has 82 valence electrons. The molecule has 1 heterocycles. The normalized spacial score (nSPS) is 16.4. The van der Waals surface area contributed by atoms with Crippen LogP contribution in [0, 0.1) is 5.92 Å². The van der Waals surface area contributed by atoms with Crippen LogP contribution in [0.5, 0.6) is 0 Å². The molecule has 0 aromatic rings. The molecule has 1 N–H and O–H groups in total. The molecule has 4 heteroatoms. The third kappa shape index (κ3) is 4.86. The van der Waals surface area contributed by atoms with Gasteiger partial charge in [-0.25, -0.2) is 0 Å². The second-order valence-corrected chi connectivity index (χ2v) is 4.64. The van der Waals surface area contributed by atoms with Crippen molar-refractivity contribution < 1.29 is 9.53 Å². The van der Waals surface area contributed by atoms with Gasteiger partial charge in [0.2, 0.25) is 0 Å². The molecule has 1 saturated heterocycles. The van der Waals surface area contributed by atoms with E-state index in [2.05, 4.69) is 12.2 Å². The van der Waals surface area contributed by atoms with Crippen molar-refractivity contribution in [1.29, 1.82) is 0 Å². The van der Waals surface area contributed by atoms with E-state index in [9.17, 15) is 4.79 Å². The van der Waals surface area contributed by atoms with E-state index in [-0.39, 0.29) is 5.97 Å². The zero-order valence-electron chi connectivity index (χ0n) is 8.75. The number of nitrogens with one attached hydrogen (secondary N) is 1. The highest BCUT2D eigenvalue weighted by atomic mass is 32.2. The van der Waals surface area contributed by atoms with E-state index in [1.165, 1.54) is 0 Å². The number of esters is 1. The van der Waals surface area contributed by atoms with Crippen molar-refractivity contribution in [3.8, 4) is 0 Å². The maximum absolute atomic E-state index is 11.1. The van der Waals surface area contributed by atoms with Gasteiger partial charge in [-0.15, -0.1) is 11.8 Å². The summed E-state index contributed by atoms with van der Waals surface area (Å²) in [6.45, 7) is 4.89. The average molecular weight is 217 g/mol. The van der Waals surface area contributed by atoms with E-state index >= 15 is 0 Å². The second-order valence-electron chi connectivity index (χ2n) is 3.61. The molecule has 0 saturated carbocycles. The molecule has 14 heavy (non-hydrogen) atoms. The largest absolute Gasteiger partial charge is 0.465 e. The van der Waals surface area contributed by atoms with Crippen LogP contribution in [0.2, 0.25) is 0 Å². The van der Waals surface area contributed by atoms with Gasteiger partial charge in [0.05, 0.1) is 12.4 Å². The highest BCUT2D eigenvalue weighted by Crippen LogP contribution is 2.12. The van der Waals surface area contributed by atoms with E-state index in [0.29, 0.717) is 12.4 Å². The van der Waals surface area contributed by atoms with E-state index in [1.54, 1.807) is 11.8 Å². The summed E-state index contributed by atoms with van der Waals surface area (Å²) in [6.07, 6.45) is 2.05. The van der Waals surface area contributed by atoms with Gasteiger partial charge in [-0.1, -0.05) is 13.3 Å². The van der Waals surface area contributed by atoms with E-state index in [4.69, 9.17) is 4.74 Å². The summed E-state index contributed by atoms with van der Waals surface area (Å²) in [6, 6.07) is 0. The number of thioether (sulfide) groups is 1. The van der Waals surface area contributed by atoms with Crippen LogP contribution in [0.3, 0.4) is 0 Å². The van der Waals surface area contributed by atoms with Gasteiger partial charge in [-0.3, -0.25) is 4.79 Å². The molecule has 0 radical (unpaired) electrons. The van der Waals surface area contributed by atoms with Crippen LogP contribution in [-0.4, -0.2) is 37.2 Å². The molecule has 0 aromatic carbocycles. The second kappa shape index (κ2) is 7.12. The number of unbranched alkanes of at least 4 members (excludes halogenated alkanes) is 1. The average Bonchev–Trinajstić information content (AvgIpc) is 2.10. The lowest BCUT2D eigenvalue weighted by Gasteiger charge is -2.26. The van der Waals surface area contributed by atoms with Crippen LogP contribution in [0.4, 0.5) is 0 Å². The Kier molecular flexibility index (Phi) is 6.03. The van der Waals surface area contributed by atoms with E-state index < -0.39 is 0 Å². The van der Waals surface area contributed by atoms with Crippen molar-refractivity contribution in [3.63, 3.8) is 0 Å². The molecular formula is C10H19NO2S. The Balaban J connectivity index is 1.86. The van der Waals surface area contributed by atoms with Gasteiger partial charge in [0, 0.05) is 0 Å². The van der Waals surface area contributed by atoms with Crippen molar-refractivity contribution in [3.05, 3.63) is 0 Å². The molecule has 0 aromatic heterocycles. The lowest BCUT2D eigenvalue weighted by molar-refractivity contribution is -0.140. The lowest BCUT2D eigenvalue weighted by Crippen LogP contribution is -2.43. The first-order valence-electron chi connectivity index (χ1n) is 5.27. The topological polar surface area (TPSA) is 38.3 Å². The molecule has 1 aliphatic heterocycles. The quantitative estimate of drug-likeness (QED) is 0.515. The smallest absolute Gasteiger partial charge is 0.315 e. The summed E-state index contributed by atoms with van der Waals surface area (Å²) in [5.74, 6) is 2.30. The highest BCUT2D eigenvalue weighted by Gasteiger charge is 2.16. The Hall–Kier alpha value is -0.220.